The zero-order chi connectivity index (χ0) is 5.98. The molecule has 1 fully saturated rings. The first-order valence-corrected chi connectivity index (χ1v) is 3.54. The highest BCUT2D eigenvalue weighted by Crippen LogP contribution is 2.35. The number of nitrogens with two attached hydrogens (primary N) is 1. The smallest absolute Gasteiger partial charge is 0.00745 e. The Morgan fingerprint density at radius 3 is 2.38 bits per heavy atom. The number of hydrogen-bond donors (Lipinski definition) is 1. The normalized spacial score (nSPS) is 36.8. The monoisotopic (exact) mass is 113 g/mol. The van der Waals surface area contributed by atoms with Crippen molar-refractivity contribution in [2.24, 2.45) is 17.6 Å². The van der Waals surface area contributed by atoms with E-state index in [0.29, 0.717) is 0 Å². The predicted octanol–water partition coefficient (Wildman–Crippen LogP) is 1.38. The topological polar surface area (TPSA) is 26.0 Å². The van der Waals surface area contributed by atoms with Crippen LogP contribution in [0, 0.1) is 11.8 Å². The Bertz CT molecular complexity index is 70.8. The van der Waals surface area contributed by atoms with E-state index in [1.165, 1.54) is 19.3 Å². The molecule has 0 aromatic heterocycles. The van der Waals surface area contributed by atoms with Gasteiger partial charge in [0.2, 0.25) is 0 Å². The fourth-order valence-electron chi connectivity index (χ4n) is 1.38. The van der Waals surface area contributed by atoms with Gasteiger partial charge in [-0.2, -0.15) is 0 Å². The maximum absolute atomic E-state index is 5.40. The molecule has 2 unspecified atom stereocenters. The molecule has 1 rings (SSSR count). The minimum Gasteiger partial charge on any atom is -0.330 e. The molecule has 1 heteroatoms. The van der Waals surface area contributed by atoms with Crippen molar-refractivity contribution in [3.63, 3.8) is 0 Å². The van der Waals surface area contributed by atoms with Crippen LogP contribution in [0.4, 0.5) is 0 Å². The van der Waals surface area contributed by atoms with E-state index >= 15 is 0 Å². The first-order valence-electron chi connectivity index (χ1n) is 3.54. The number of rotatable bonds is 2. The van der Waals surface area contributed by atoms with E-state index in [0.717, 1.165) is 18.4 Å². The molecule has 0 aromatic carbocycles. The lowest BCUT2D eigenvalue weighted by Gasteiger charge is -2.33. The van der Waals surface area contributed by atoms with Crippen LogP contribution in [-0.2, 0) is 0 Å². The zero-order valence-electron chi connectivity index (χ0n) is 5.56. The molecule has 1 nitrogen and oxygen atoms in total. The lowest BCUT2D eigenvalue weighted by molar-refractivity contribution is 0.186. The first-order chi connectivity index (χ1) is 3.84. The summed E-state index contributed by atoms with van der Waals surface area (Å²) in [7, 11) is 0. The minimum atomic E-state index is 0.884. The molecule has 1 saturated carbocycles. The second-order valence-electron chi connectivity index (χ2n) is 2.89. The third-order valence-electron chi connectivity index (χ3n) is 2.33. The molecule has 1 aliphatic rings. The Morgan fingerprint density at radius 1 is 1.50 bits per heavy atom. The quantitative estimate of drug-likeness (QED) is 0.575. The van der Waals surface area contributed by atoms with Gasteiger partial charge < -0.3 is 5.73 Å². The van der Waals surface area contributed by atoms with Gasteiger partial charge in [-0.1, -0.05) is 13.3 Å². The van der Waals surface area contributed by atoms with Crippen LogP contribution in [-0.4, -0.2) is 6.54 Å². The van der Waals surface area contributed by atoms with Gasteiger partial charge in [0.1, 0.15) is 0 Å². The molecular weight excluding hydrogens is 98.1 g/mol. The Morgan fingerprint density at radius 2 is 2.25 bits per heavy atom. The van der Waals surface area contributed by atoms with Crippen molar-refractivity contribution in [1.82, 2.24) is 0 Å². The van der Waals surface area contributed by atoms with Crippen LogP contribution < -0.4 is 5.73 Å². The summed E-state index contributed by atoms with van der Waals surface area (Å²) in [6.45, 7) is 3.21. The molecule has 2 atom stereocenters. The molecular formula is C7H15N. The molecule has 2 N–H and O–H groups in total. The van der Waals surface area contributed by atoms with E-state index in [1.54, 1.807) is 0 Å². The maximum Gasteiger partial charge on any atom is -0.00745 e. The Balaban J connectivity index is 2.08. The molecule has 0 bridgehead atoms. The van der Waals surface area contributed by atoms with Crippen molar-refractivity contribution in [3.8, 4) is 0 Å². The van der Waals surface area contributed by atoms with Gasteiger partial charge in [-0.25, -0.2) is 0 Å². The summed E-state index contributed by atoms with van der Waals surface area (Å²) in [5, 5.41) is 0. The largest absolute Gasteiger partial charge is 0.330 e. The maximum atomic E-state index is 5.40. The van der Waals surface area contributed by atoms with Crippen LogP contribution in [0.5, 0.6) is 0 Å². The van der Waals surface area contributed by atoms with Crippen LogP contribution in [0.2, 0.25) is 0 Å². The molecule has 48 valence electrons. The fraction of sp³-hybridized carbons (Fsp3) is 1.00. The van der Waals surface area contributed by atoms with Crippen molar-refractivity contribution in [1.29, 1.82) is 0 Å². The van der Waals surface area contributed by atoms with E-state index in [2.05, 4.69) is 6.92 Å². The van der Waals surface area contributed by atoms with Gasteiger partial charge in [0.15, 0.2) is 0 Å². The third kappa shape index (κ3) is 1.03. The van der Waals surface area contributed by atoms with Gasteiger partial charge in [0.05, 0.1) is 0 Å². The second-order valence-corrected chi connectivity index (χ2v) is 2.89. The molecule has 1 aliphatic carbocycles. The van der Waals surface area contributed by atoms with E-state index < -0.39 is 0 Å². The van der Waals surface area contributed by atoms with Crippen molar-refractivity contribution in [2.45, 2.75) is 26.2 Å². The van der Waals surface area contributed by atoms with Gasteiger partial charge in [-0.05, 0) is 31.2 Å². The first kappa shape index (κ1) is 6.09. The van der Waals surface area contributed by atoms with Gasteiger partial charge >= 0.3 is 0 Å². The SMILES string of the molecule is CC1CCC1CCN. The van der Waals surface area contributed by atoms with Crippen molar-refractivity contribution in [2.75, 3.05) is 6.54 Å². The molecule has 0 radical (unpaired) electrons. The Kier molecular flexibility index (Phi) is 1.90. The van der Waals surface area contributed by atoms with Gasteiger partial charge in [-0.15, -0.1) is 0 Å². The van der Waals surface area contributed by atoms with Crippen molar-refractivity contribution >= 4 is 0 Å². The summed E-state index contributed by atoms with van der Waals surface area (Å²) >= 11 is 0. The molecule has 0 heterocycles. The fourth-order valence-corrected chi connectivity index (χ4v) is 1.38. The van der Waals surface area contributed by atoms with Crippen LogP contribution >= 0.6 is 0 Å². The van der Waals surface area contributed by atoms with Gasteiger partial charge in [-0.3, -0.25) is 0 Å². The van der Waals surface area contributed by atoms with Crippen LogP contribution in [0.15, 0.2) is 0 Å². The Labute approximate surface area is 51.3 Å². The summed E-state index contributed by atoms with van der Waals surface area (Å²) in [5.74, 6) is 1.94. The average Bonchev–Trinajstić information content (AvgIpc) is 1.79. The van der Waals surface area contributed by atoms with Gasteiger partial charge in [0.25, 0.3) is 0 Å². The van der Waals surface area contributed by atoms with Crippen LogP contribution in [0.3, 0.4) is 0 Å². The second kappa shape index (κ2) is 2.49. The van der Waals surface area contributed by atoms with Crippen LogP contribution in [0.1, 0.15) is 26.2 Å². The highest BCUT2D eigenvalue weighted by molar-refractivity contribution is 4.76. The van der Waals surface area contributed by atoms with Crippen LogP contribution in [0.25, 0.3) is 0 Å². The summed E-state index contributed by atoms with van der Waals surface area (Å²) in [5.41, 5.74) is 5.40. The molecule has 0 saturated heterocycles. The molecule has 0 aliphatic heterocycles. The summed E-state index contributed by atoms with van der Waals surface area (Å²) in [6, 6.07) is 0. The third-order valence-corrected chi connectivity index (χ3v) is 2.33. The average molecular weight is 113 g/mol. The summed E-state index contributed by atoms with van der Waals surface area (Å²) in [4.78, 5) is 0. The number of hydrogen-bond acceptors (Lipinski definition) is 1. The van der Waals surface area contributed by atoms with Gasteiger partial charge in [0, 0.05) is 0 Å². The molecule has 8 heavy (non-hydrogen) atoms. The molecule has 0 amide bonds. The van der Waals surface area contributed by atoms with E-state index in [9.17, 15) is 0 Å². The van der Waals surface area contributed by atoms with E-state index in [4.69, 9.17) is 5.73 Å². The predicted molar refractivity (Wildman–Crippen MR) is 35.6 cm³/mol. The van der Waals surface area contributed by atoms with E-state index in [-0.39, 0.29) is 0 Å². The lowest BCUT2D eigenvalue weighted by atomic mass is 9.73. The molecule has 0 spiro atoms. The molecule has 0 aromatic rings. The van der Waals surface area contributed by atoms with Crippen molar-refractivity contribution in [3.05, 3.63) is 0 Å². The highest BCUT2D eigenvalue weighted by atomic mass is 14.5. The lowest BCUT2D eigenvalue weighted by Crippen LogP contribution is -2.25. The zero-order valence-corrected chi connectivity index (χ0v) is 5.56. The highest BCUT2D eigenvalue weighted by Gasteiger charge is 2.24. The summed E-state index contributed by atoms with van der Waals surface area (Å²) < 4.78 is 0. The Hall–Kier alpha value is -0.0400. The standard InChI is InChI=1S/C7H15N/c1-6-2-3-7(6)4-5-8/h6-7H,2-5,8H2,1H3. The van der Waals surface area contributed by atoms with Crippen molar-refractivity contribution < 1.29 is 0 Å². The minimum absolute atomic E-state index is 0.884. The van der Waals surface area contributed by atoms with E-state index in [1.807, 2.05) is 0 Å². The summed E-state index contributed by atoms with van der Waals surface area (Å²) in [6.07, 6.45) is 4.12.